The van der Waals surface area contributed by atoms with Crippen LogP contribution in [0.15, 0.2) is 18.5 Å². The first-order valence-corrected chi connectivity index (χ1v) is 5.15. The van der Waals surface area contributed by atoms with E-state index in [1.165, 1.54) is 23.8 Å². The third kappa shape index (κ3) is 2.63. The van der Waals surface area contributed by atoms with Gasteiger partial charge in [-0.05, 0) is 13.0 Å². The number of hydrogen-bond acceptors (Lipinski definition) is 6. The summed E-state index contributed by atoms with van der Waals surface area (Å²) in [6.07, 6.45) is -1.42. The van der Waals surface area contributed by atoms with Gasteiger partial charge in [-0.1, -0.05) is 0 Å². The van der Waals surface area contributed by atoms with E-state index in [1.807, 2.05) is 0 Å². The molecule has 1 saturated heterocycles. The predicted octanol–water partition coefficient (Wildman–Crippen LogP) is 0.431. The zero-order chi connectivity index (χ0) is 14.3. The Hall–Kier alpha value is -1.81. The number of nitro groups is 1. The Bertz CT molecular complexity index is 484. The third-order valence-electron chi connectivity index (χ3n) is 2.50. The summed E-state index contributed by atoms with van der Waals surface area (Å²) in [7, 11) is 0. The first kappa shape index (κ1) is 13.6. The number of rotatable bonds is 2. The average Bonchev–Trinajstić information content (AvgIpc) is 2.25. The largest absolute Gasteiger partial charge is 0.368 e. The van der Waals surface area contributed by atoms with Crippen LogP contribution in [0.25, 0.3) is 0 Å². The SMILES string of the molecule is CC1(F)NC(F)(F)N[C](c2ncccn2)C1[N+](=O)[O-]. The maximum atomic E-state index is 14.1. The number of aromatic nitrogens is 2. The summed E-state index contributed by atoms with van der Waals surface area (Å²) in [5.41, 5.74) is 0. The van der Waals surface area contributed by atoms with Gasteiger partial charge in [0, 0.05) is 17.3 Å². The normalized spacial score (nSPS) is 31.1. The lowest BCUT2D eigenvalue weighted by molar-refractivity contribution is -0.544. The Morgan fingerprint density at radius 1 is 1.37 bits per heavy atom. The van der Waals surface area contributed by atoms with Crippen LogP contribution in [0.2, 0.25) is 0 Å². The van der Waals surface area contributed by atoms with Gasteiger partial charge < -0.3 is 0 Å². The van der Waals surface area contributed by atoms with E-state index < -0.39 is 29.0 Å². The molecule has 2 atom stereocenters. The molecule has 0 aliphatic carbocycles. The van der Waals surface area contributed by atoms with Crippen LogP contribution in [-0.4, -0.2) is 32.9 Å². The molecule has 1 radical (unpaired) electrons. The van der Waals surface area contributed by atoms with Crippen molar-refractivity contribution >= 4 is 0 Å². The van der Waals surface area contributed by atoms with E-state index in [1.54, 1.807) is 5.32 Å². The lowest BCUT2D eigenvalue weighted by atomic mass is 9.96. The number of nitrogens with one attached hydrogen (secondary N) is 2. The number of hydrogen-bond donors (Lipinski definition) is 2. The van der Waals surface area contributed by atoms with E-state index in [4.69, 9.17) is 0 Å². The molecule has 2 rings (SSSR count). The van der Waals surface area contributed by atoms with Gasteiger partial charge in [0.2, 0.25) is 5.79 Å². The molecule has 2 N–H and O–H groups in total. The number of halogens is 3. The fourth-order valence-electron chi connectivity index (χ4n) is 1.83. The van der Waals surface area contributed by atoms with Gasteiger partial charge in [0.25, 0.3) is 6.04 Å². The quantitative estimate of drug-likeness (QED) is 0.462. The molecule has 7 nitrogen and oxygen atoms in total. The van der Waals surface area contributed by atoms with Crippen molar-refractivity contribution < 1.29 is 18.1 Å². The van der Waals surface area contributed by atoms with Crippen LogP contribution in [0.1, 0.15) is 12.7 Å². The fourth-order valence-corrected chi connectivity index (χ4v) is 1.83. The molecule has 0 bridgehead atoms. The molecular formula is C9H9F3N5O2. The molecule has 19 heavy (non-hydrogen) atoms. The summed E-state index contributed by atoms with van der Waals surface area (Å²) in [5.74, 6) is -3.30. The second kappa shape index (κ2) is 4.38. The molecule has 1 aromatic rings. The van der Waals surface area contributed by atoms with Crippen LogP contribution < -0.4 is 10.6 Å². The second-order valence-corrected chi connectivity index (χ2v) is 4.07. The molecule has 2 heterocycles. The van der Waals surface area contributed by atoms with Gasteiger partial charge in [-0.3, -0.25) is 10.1 Å². The van der Waals surface area contributed by atoms with Crippen molar-refractivity contribution in [2.45, 2.75) is 24.9 Å². The van der Waals surface area contributed by atoms with Crippen molar-refractivity contribution in [3.05, 3.63) is 40.4 Å². The van der Waals surface area contributed by atoms with Gasteiger partial charge in [-0.15, -0.1) is 0 Å². The first-order valence-electron chi connectivity index (χ1n) is 5.15. The summed E-state index contributed by atoms with van der Waals surface area (Å²) < 4.78 is 40.7. The Labute approximate surface area is 105 Å². The molecule has 1 aromatic heterocycles. The van der Waals surface area contributed by atoms with E-state index >= 15 is 0 Å². The molecule has 10 heteroatoms. The van der Waals surface area contributed by atoms with Gasteiger partial charge >= 0.3 is 6.17 Å². The van der Waals surface area contributed by atoms with E-state index in [-0.39, 0.29) is 5.82 Å². The lowest BCUT2D eigenvalue weighted by Crippen LogP contribution is -2.72. The van der Waals surface area contributed by atoms with Gasteiger partial charge in [0.15, 0.2) is 11.9 Å². The minimum absolute atomic E-state index is 0.353. The monoisotopic (exact) mass is 276 g/mol. The number of alkyl halides is 3. The molecule has 1 aliphatic rings. The summed E-state index contributed by atoms with van der Waals surface area (Å²) in [6.45, 7) is 0.665. The molecule has 0 spiro atoms. The van der Waals surface area contributed by atoms with Crippen molar-refractivity contribution in [1.29, 1.82) is 0 Å². The maximum absolute atomic E-state index is 14.1. The molecule has 2 unspecified atom stereocenters. The fraction of sp³-hybridized carbons (Fsp3) is 0.444. The van der Waals surface area contributed by atoms with Crippen LogP contribution in [-0.2, 0) is 0 Å². The van der Waals surface area contributed by atoms with Crippen molar-refractivity contribution in [1.82, 2.24) is 20.6 Å². The Morgan fingerprint density at radius 2 is 1.95 bits per heavy atom. The van der Waals surface area contributed by atoms with Crippen LogP contribution in [0.3, 0.4) is 0 Å². The highest BCUT2D eigenvalue weighted by molar-refractivity contribution is 5.23. The highest BCUT2D eigenvalue weighted by Crippen LogP contribution is 2.33. The van der Waals surface area contributed by atoms with E-state index in [0.717, 1.165) is 0 Å². The Balaban J connectivity index is 2.45. The summed E-state index contributed by atoms with van der Waals surface area (Å²) in [5, 5.41) is 13.7. The van der Waals surface area contributed by atoms with Crippen LogP contribution in [0.5, 0.6) is 0 Å². The van der Waals surface area contributed by atoms with Crippen molar-refractivity contribution in [2.24, 2.45) is 0 Å². The maximum Gasteiger partial charge on any atom is 0.368 e. The molecule has 103 valence electrons. The molecule has 1 fully saturated rings. The second-order valence-electron chi connectivity index (χ2n) is 4.07. The van der Waals surface area contributed by atoms with Crippen molar-refractivity contribution in [2.75, 3.05) is 0 Å². The highest BCUT2D eigenvalue weighted by Gasteiger charge is 2.62. The molecule has 0 saturated carbocycles. The Morgan fingerprint density at radius 3 is 2.47 bits per heavy atom. The van der Waals surface area contributed by atoms with Gasteiger partial charge in [0.1, 0.15) is 0 Å². The molecule has 0 aromatic carbocycles. The standard InChI is InChI=1S/C9H9F3N5O2/c1-8(10)6(17(18)19)5(15-9(11,12)16-8)7-13-3-2-4-14-7/h2-4,6,15-16H,1H3. The zero-order valence-electron chi connectivity index (χ0n) is 9.60. The minimum atomic E-state index is -3.84. The average molecular weight is 276 g/mol. The predicted molar refractivity (Wildman–Crippen MR) is 55.9 cm³/mol. The summed E-state index contributed by atoms with van der Waals surface area (Å²) in [6, 6.07) is -1.35. The highest BCUT2D eigenvalue weighted by atomic mass is 19.3. The first-order chi connectivity index (χ1) is 8.73. The Kier molecular flexibility index (Phi) is 3.14. The molecule has 1 aliphatic heterocycles. The minimum Gasteiger partial charge on any atom is -0.264 e. The van der Waals surface area contributed by atoms with Crippen LogP contribution in [0.4, 0.5) is 13.2 Å². The van der Waals surface area contributed by atoms with Gasteiger partial charge in [-0.25, -0.2) is 25.0 Å². The van der Waals surface area contributed by atoms with Crippen molar-refractivity contribution in [3.8, 4) is 0 Å². The van der Waals surface area contributed by atoms with Gasteiger partial charge in [-0.2, -0.15) is 8.78 Å². The summed E-state index contributed by atoms with van der Waals surface area (Å²) in [4.78, 5) is 17.2. The third-order valence-corrected chi connectivity index (χ3v) is 2.50. The zero-order valence-corrected chi connectivity index (χ0v) is 9.60. The number of nitrogens with zero attached hydrogens (tertiary/aromatic N) is 3. The van der Waals surface area contributed by atoms with Crippen molar-refractivity contribution in [3.63, 3.8) is 0 Å². The molecular weight excluding hydrogens is 267 g/mol. The van der Waals surface area contributed by atoms with E-state index in [0.29, 0.717) is 6.92 Å². The van der Waals surface area contributed by atoms with E-state index in [9.17, 15) is 23.3 Å². The van der Waals surface area contributed by atoms with Crippen LogP contribution in [0, 0.1) is 16.2 Å². The van der Waals surface area contributed by atoms with E-state index in [2.05, 4.69) is 9.97 Å². The smallest absolute Gasteiger partial charge is 0.264 e. The van der Waals surface area contributed by atoms with Crippen LogP contribution >= 0.6 is 0 Å². The van der Waals surface area contributed by atoms with Gasteiger partial charge in [0.05, 0.1) is 0 Å². The topological polar surface area (TPSA) is 93.0 Å². The lowest BCUT2D eigenvalue weighted by Gasteiger charge is -2.39. The molecule has 0 amide bonds. The summed E-state index contributed by atoms with van der Waals surface area (Å²) >= 11 is 0.